The van der Waals surface area contributed by atoms with E-state index >= 15 is 0 Å². The lowest BCUT2D eigenvalue weighted by Gasteiger charge is -2.45. The Hall–Kier alpha value is -0.400. The van der Waals surface area contributed by atoms with Crippen LogP contribution in [0.2, 0.25) is 0 Å². The van der Waals surface area contributed by atoms with Gasteiger partial charge in [-0.2, -0.15) is 11.8 Å². The van der Waals surface area contributed by atoms with Crippen molar-refractivity contribution >= 4 is 34.4 Å². The molecular weight excluding hydrogens is 320 g/mol. The third-order valence-electron chi connectivity index (χ3n) is 3.82. The zero-order chi connectivity index (χ0) is 14.7. The number of nitrogens with one attached hydrogen (secondary N) is 1. The molecule has 0 saturated heterocycles. The summed E-state index contributed by atoms with van der Waals surface area (Å²) in [5.74, 6) is 1.08. The average molecular weight is 341 g/mol. The third-order valence-corrected chi connectivity index (χ3v) is 7.27. The molecule has 0 bridgehead atoms. The van der Waals surface area contributed by atoms with Crippen LogP contribution in [0.1, 0.15) is 24.6 Å². The highest BCUT2D eigenvalue weighted by Crippen LogP contribution is 2.40. The van der Waals surface area contributed by atoms with E-state index in [0.717, 1.165) is 30.1 Å². The van der Waals surface area contributed by atoms with Crippen LogP contribution in [0.3, 0.4) is 0 Å². The standard InChI is InChI=1S/C15H20N2OS3/c1-2-19-13-5-6-15(13,18)10-16-8-11-9-17-14(21-11)12-4-3-7-20-12/h3-4,7,9,13,16,18H,2,5-6,8,10H2,1H3. The first-order chi connectivity index (χ1) is 10.2. The summed E-state index contributed by atoms with van der Waals surface area (Å²) in [6.45, 7) is 3.62. The SMILES string of the molecule is CCSC1CCC1(O)CNCc1cnc(-c2cccs2)s1. The number of rotatable bonds is 7. The molecule has 0 aliphatic heterocycles. The maximum absolute atomic E-state index is 10.5. The first-order valence-electron chi connectivity index (χ1n) is 7.24. The van der Waals surface area contributed by atoms with Crippen molar-refractivity contribution in [3.8, 4) is 9.88 Å². The van der Waals surface area contributed by atoms with E-state index in [4.69, 9.17) is 0 Å². The molecule has 21 heavy (non-hydrogen) atoms. The molecule has 1 saturated carbocycles. The van der Waals surface area contributed by atoms with Crippen molar-refractivity contribution < 1.29 is 5.11 Å². The second kappa shape index (κ2) is 6.79. The fourth-order valence-electron chi connectivity index (χ4n) is 2.54. The largest absolute Gasteiger partial charge is 0.387 e. The fraction of sp³-hybridized carbons (Fsp3) is 0.533. The van der Waals surface area contributed by atoms with Crippen molar-refractivity contribution in [2.24, 2.45) is 0 Å². The highest BCUT2D eigenvalue weighted by molar-refractivity contribution is 8.00. The van der Waals surface area contributed by atoms with Crippen LogP contribution in [-0.2, 0) is 6.54 Å². The van der Waals surface area contributed by atoms with Gasteiger partial charge in [0.1, 0.15) is 5.01 Å². The molecule has 6 heteroatoms. The summed E-state index contributed by atoms with van der Waals surface area (Å²) in [6, 6.07) is 4.15. The highest BCUT2D eigenvalue weighted by atomic mass is 32.2. The van der Waals surface area contributed by atoms with Gasteiger partial charge in [0.2, 0.25) is 0 Å². The van der Waals surface area contributed by atoms with E-state index in [2.05, 4.69) is 34.7 Å². The second-order valence-electron chi connectivity index (χ2n) is 5.30. The zero-order valence-corrected chi connectivity index (χ0v) is 14.5. The Labute approximate surface area is 137 Å². The third kappa shape index (κ3) is 3.51. The van der Waals surface area contributed by atoms with Crippen LogP contribution >= 0.6 is 34.4 Å². The van der Waals surface area contributed by atoms with E-state index in [9.17, 15) is 5.11 Å². The fourth-order valence-corrected chi connectivity index (χ4v) is 5.43. The lowest BCUT2D eigenvalue weighted by Crippen LogP contribution is -2.56. The van der Waals surface area contributed by atoms with Crippen LogP contribution in [0.4, 0.5) is 0 Å². The number of thioether (sulfide) groups is 1. The van der Waals surface area contributed by atoms with Gasteiger partial charge < -0.3 is 10.4 Å². The number of nitrogens with zero attached hydrogens (tertiary/aromatic N) is 1. The lowest BCUT2D eigenvalue weighted by atomic mass is 9.79. The molecule has 0 aromatic carbocycles. The van der Waals surface area contributed by atoms with Crippen LogP contribution < -0.4 is 5.32 Å². The number of thiazole rings is 1. The van der Waals surface area contributed by atoms with E-state index in [0.29, 0.717) is 11.8 Å². The number of aromatic nitrogens is 1. The van der Waals surface area contributed by atoms with Crippen molar-refractivity contribution in [1.29, 1.82) is 0 Å². The molecule has 0 spiro atoms. The Bertz CT molecular complexity index is 569. The van der Waals surface area contributed by atoms with Crippen molar-refractivity contribution in [1.82, 2.24) is 10.3 Å². The monoisotopic (exact) mass is 340 g/mol. The minimum Gasteiger partial charge on any atom is -0.387 e. The second-order valence-corrected chi connectivity index (χ2v) is 8.84. The first kappa shape index (κ1) is 15.5. The Balaban J connectivity index is 1.50. The molecule has 114 valence electrons. The number of hydrogen-bond acceptors (Lipinski definition) is 6. The number of aliphatic hydroxyl groups is 1. The molecule has 3 rings (SSSR count). The Morgan fingerprint density at radius 1 is 1.57 bits per heavy atom. The van der Waals surface area contributed by atoms with Crippen LogP contribution in [0, 0.1) is 0 Å². The summed E-state index contributed by atoms with van der Waals surface area (Å²) in [6.07, 6.45) is 4.00. The average Bonchev–Trinajstić information content (AvgIpc) is 3.14. The van der Waals surface area contributed by atoms with Gasteiger partial charge in [-0.1, -0.05) is 13.0 Å². The van der Waals surface area contributed by atoms with Gasteiger partial charge in [0.15, 0.2) is 0 Å². The maximum Gasteiger partial charge on any atom is 0.133 e. The summed E-state index contributed by atoms with van der Waals surface area (Å²) >= 11 is 5.32. The summed E-state index contributed by atoms with van der Waals surface area (Å²) in [4.78, 5) is 6.92. The number of hydrogen-bond donors (Lipinski definition) is 2. The van der Waals surface area contributed by atoms with Gasteiger partial charge in [-0.3, -0.25) is 0 Å². The van der Waals surface area contributed by atoms with E-state index in [-0.39, 0.29) is 0 Å². The minimum atomic E-state index is -0.512. The van der Waals surface area contributed by atoms with Gasteiger partial charge in [0.25, 0.3) is 0 Å². The van der Waals surface area contributed by atoms with Crippen molar-refractivity contribution in [3.63, 3.8) is 0 Å². The zero-order valence-electron chi connectivity index (χ0n) is 12.0. The summed E-state index contributed by atoms with van der Waals surface area (Å²) in [5.41, 5.74) is -0.512. The normalized spacial score (nSPS) is 25.0. The van der Waals surface area contributed by atoms with Gasteiger partial charge in [0, 0.05) is 29.4 Å². The summed E-state index contributed by atoms with van der Waals surface area (Å²) in [7, 11) is 0. The van der Waals surface area contributed by atoms with Crippen LogP contribution in [0.25, 0.3) is 9.88 Å². The summed E-state index contributed by atoms with van der Waals surface area (Å²) < 4.78 is 0. The van der Waals surface area contributed by atoms with E-state index < -0.39 is 5.60 Å². The lowest BCUT2D eigenvalue weighted by molar-refractivity contribution is -0.0234. The highest BCUT2D eigenvalue weighted by Gasteiger charge is 2.44. The molecule has 2 N–H and O–H groups in total. The Kier molecular flexibility index (Phi) is 5.01. The molecule has 1 aliphatic rings. The molecule has 2 atom stereocenters. The van der Waals surface area contributed by atoms with Crippen molar-refractivity contribution in [3.05, 3.63) is 28.6 Å². The molecule has 2 unspecified atom stereocenters. The molecule has 2 aromatic rings. The molecule has 1 fully saturated rings. The maximum atomic E-state index is 10.5. The molecule has 0 radical (unpaired) electrons. The van der Waals surface area contributed by atoms with Crippen molar-refractivity contribution in [2.45, 2.75) is 37.2 Å². The topological polar surface area (TPSA) is 45.1 Å². The van der Waals surface area contributed by atoms with Gasteiger partial charge >= 0.3 is 0 Å². The Morgan fingerprint density at radius 3 is 3.14 bits per heavy atom. The van der Waals surface area contributed by atoms with Crippen LogP contribution in [0.15, 0.2) is 23.7 Å². The van der Waals surface area contributed by atoms with Crippen LogP contribution in [-0.4, -0.2) is 33.2 Å². The Morgan fingerprint density at radius 2 is 2.48 bits per heavy atom. The van der Waals surface area contributed by atoms with E-state index in [1.54, 1.807) is 22.7 Å². The first-order valence-corrected chi connectivity index (χ1v) is 9.99. The van der Waals surface area contributed by atoms with Gasteiger partial charge in [-0.15, -0.1) is 22.7 Å². The minimum absolute atomic E-state index is 0.401. The van der Waals surface area contributed by atoms with Gasteiger partial charge in [0.05, 0.1) is 10.5 Å². The smallest absolute Gasteiger partial charge is 0.133 e. The molecule has 2 aromatic heterocycles. The number of thiophene rings is 1. The quantitative estimate of drug-likeness (QED) is 0.808. The predicted octanol–water partition coefficient (Wildman–Crippen LogP) is 3.61. The van der Waals surface area contributed by atoms with Gasteiger partial charge in [-0.25, -0.2) is 4.98 Å². The molecule has 3 nitrogen and oxygen atoms in total. The molecule has 2 heterocycles. The molecule has 1 aliphatic carbocycles. The van der Waals surface area contributed by atoms with E-state index in [1.165, 1.54) is 9.75 Å². The molecular formula is C15H20N2OS3. The van der Waals surface area contributed by atoms with Gasteiger partial charge in [-0.05, 0) is 30.0 Å². The molecule has 0 amide bonds. The predicted molar refractivity (Wildman–Crippen MR) is 93.2 cm³/mol. The van der Waals surface area contributed by atoms with Crippen LogP contribution in [0.5, 0.6) is 0 Å². The summed E-state index contributed by atoms with van der Waals surface area (Å²) in [5, 5.41) is 17.5. The van der Waals surface area contributed by atoms with E-state index in [1.807, 2.05) is 18.0 Å². The van der Waals surface area contributed by atoms with Crippen molar-refractivity contribution in [2.75, 3.05) is 12.3 Å².